The third kappa shape index (κ3) is 7.48. The Bertz CT molecular complexity index is 1420. The Morgan fingerprint density at radius 3 is 2.05 bits per heavy atom. The quantitative estimate of drug-likeness (QED) is 0.326. The highest BCUT2D eigenvalue weighted by Crippen LogP contribution is 2.36. The number of benzene rings is 3. The Morgan fingerprint density at radius 1 is 1.00 bits per heavy atom. The molecule has 206 valence electrons. The number of rotatable bonds is 10. The van der Waals surface area contributed by atoms with E-state index in [9.17, 15) is 22.4 Å². The van der Waals surface area contributed by atoms with Gasteiger partial charge in [0.2, 0.25) is 15.9 Å². The summed E-state index contributed by atoms with van der Waals surface area (Å²) >= 11 is 12.2. The molecule has 12 heteroatoms. The maximum Gasteiger partial charge on any atom is 0.252 e. The molecular formula is C27H27Cl2FN4O4S. The summed E-state index contributed by atoms with van der Waals surface area (Å²) < 4.78 is 42.4. The molecule has 0 aromatic heterocycles. The molecular weight excluding hydrogens is 566 g/mol. The van der Waals surface area contributed by atoms with Gasteiger partial charge in [0.1, 0.15) is 11.9 Å². The van der Waals surface area contributed by atoms with E-state index in [1.54, 1.807) is 0 Å². The molecule has 1 saturated heterocycles. The molecule has 0 aliphatic carbocycles. The second-order valence-electron chi connectivity index (χ2n) is 9.54. The summed E-state index contributed by atoms with van der Waals surface area (Å²) in [5.74, 6) is -2.68. The van der Waals surface area contributed by atoms with Crippen LogP contribution in [0.25, 0.3) is 0 Å². The second kappa shape index (κ2) is 11.9. The largest absolute Gasteiger partial charge is 0.368 e. The standard InChI is InChI=1S/C27H27Cl2FN4O4S/c1-16(26(31)35)32-27(36)20-10-23(30)12-24(11-20)33-39(37,38)15-17-13-34(14-17)25(18-2-6-21(28)7-3-18)19-4-8-22(29)9-5-19/h2-12,16-17,25,33H,13-15H2,1H3,(H2,31,35)(H,32,36)/t16-/m1/s1. The zero-order valence-corrected chi connectivity index (χ0v) is 23.2. The number of nitrogens with one attached hydrogen (secondary N) is 2. The van der Waals surface area contributed by atoms with Crippen molar-refractivity contribution in [2.45, 2.75) is 19.0 Å². The Hall–Kier alpha value is -3.18. The average molecular weight is 594 g/mol. The summed E-state index contributed by atoms with van der Waals surface area (Å²) in [5.41, 5.74) is 6.92. The van der Waals surface area contributed by atoms with Crippen LogP contribution in [0.5, 0.6) is 0 Å². The van der Waals surface area contributed by atoms with Crippen molar-refractivity contribution < 1.29 is 22.4 Å². The maximum atomic E-state index is 14.2. The van der Waals surface area contributed by atoms with Crippen molar-refractivity contribution in [2.24, 2.45) is 11.7 Å². The van der Waals surface area contributed by atoms with Gasteiger partial charge in [0, 0.05) is 34.6 Å². The van der Waals surface area contributed by atoms with Crippen molar-refractivity contribution in [3.8, 4) is 0 Å². The van der Waals surface area contributed by atoms with E-state index in [0.717, 1.165) is 23.3 Å². The number of halogens is 3. The first-order valence-electron chi connectivity index (χ1n) is 12.1. The summed E-state index contributed by atoms with van der Waals surface area (Å²) in [5, 5.41) is 3.57. The van der Waals surface area contributed by atoms with E-state index in [0.29, 0.717) is 23.1 Å². The zero-order valence-electron chi connectivity index (χ0n) is 20.9. The maximum absolute atomic E-state index is 14.2. The van der Waals surface area contributed by atoms with Gasteiger partial charge in [-0.1, -0.05) is 47.5 Å². The lowest BCUT2D eigenvalue weighted by Crippen LogP contribution is -2.51. The van der Waals surface area contributed by atoms with Gasteiger partial charge in [0.05, 0.1) is 17.5 Å². The first-order chi connectivity index (χ1) is 18.4. The molecule has 3 aromatic rings. The number of amides is 2. The van der Waals surface area contributed by atoms with Crippen LogP contribution in [0, 0.1) is 11.7 Å². The van der Waals surface area contributed by atoms with Crippen molar-refractivity contribution in [3.05, 3.63) is 99.3 Å². The topological polar surface area (TPSA) is 122 Å². The second-order valence-corrected chi connectivity index (χ2v) is 12.2. The molecule has 39 heavy (non-hydrogen) atoms. The number of hydrogen-bond donors (Lipinski definition) is 3. The summed E-state index contributed by atoms with van der Waals surface area (Å²) in [6.45, 7) is 2.41. The van der Waals surface area contributed by atoms with Gasteiger partial charge in [-0.2, -0.15) is 0 Å². The lowest BCUT2D eigenvalue weighted by Gasteiger charge is -2.44. The lowest BCUT2D eigenvalue weighted by molar-refractivity contribution is -0.119. The van der Waals surface area contributed by atoms with E-state index in [1.165, 1.54) is 13.0 Å². The lowest BCUT2D eigenvalue weighted by atomic mass is 9.91. The van der Waals surface area contributed by atoms with Crippen molar-refractivity contribution >= 4 is 50.7 Å². The number of carbonyl (C=O) groups excluding carboxylic acids is 2. The normalized spacial score (nSPS) is 15.0. The highest BCUT2D eigenvalue weighted by molar-refractivity contribution is 7.92. The van der Waals surface area contributed by atoms with Crippen LogP contribution in [-0.4, -0.2) is 50.0 Å². The van der Waals surface area contributed by atoms with E-state index in [2.05, 4.69) is 14.9 Å². The monoisotopic (exact) mass is 592 g/mol. The third-order valence-corrected chi connectivity index (χ3v) is 8.35. The first-order valence-corrected chi connectivity index (χ1v) is 14.5. The van der Waals surface area contributed by atoms with E-state index in [1.807, 2.05) is 48.5 Å². The fourth-order valence-electron chi connectivity index (χ4n) is 4.49. The Balaban J connectivity index is 1.43. The van der Waals surface area contributed by atoms with Gasteiger partial charge < -0.3 is 11.1 Å². The molecule has 1 heterocycles. The van der Waals surface area contributed by atoms with Crippen LogP contribution in [0.3, 0.4) is 0 Å². The zero-order chi connectivity index (χ0) is 28.3. The molecule has 0 spiro atoms. The molecule has 3 aromatic carbocycles. The van der Waals surface area contributed by atoms with Gasteiger partial charge in [-0.25, -0.2) is 12.8 Å². The number of likely N-dealkylation sites (tertiary alicyclic amines) is 1. The number of hydrogen-bond acceptors (Lipinski definition) is 5. The molecule has 8 nitrogen and oxygen atoms in total. The van der Waals surface area contributed by atoms with E-state index >= 15 is 0 Å². The molecule has 1 aliphatic rings. The van der Waals surface area contributed by atoms with Crippen LogP contribution in [0.1, 0.15) is 34.5 Å². The van der Waals surface area contributed by atoms with Gasteiger partial charge in [0.25, 0.3) is 5.91 Å². The predicted molar refractivity (Wildman–Crippen MR) is 150 cm³/mol. The molecule has 0 unspecified atom stereocenters. The third-order valence-electron chi connectivity index (χ3n) is 6.38. The highest BCUT2D eigenvalue weighted by Gasteiger charge is 2.36. The van der Waals surface area contributed by atoms with Crippen molar-refractivity contribution in [2.75, 3.05) is 23.6 Å². The fraction of sp³-hybridized carbons (Fsp3) is 0.259. The molecule has 1 atom stereocenters. The highest BCUT2D eigenvalue weighted by atomic mass is 35.5. The number of nitrogens with two attached hydrogens (primary N) is 1. The van der Waals surface area contributed by atoms with E-state index in [-0.39, 0.29) is 29.0 Å². The number of sulfonamides is 1. The molecule has 0 radical (unpaired) electrons. The van der Waals surface area contributed by atoms with Crippen LogP contribution in [-0.2, 0) is 14.8 Å². The molecule has 1 fully saturated rings. The number of carbonyl (C=O) groups is 2. The molecule has 4 rings (SSSR count). The smallest absolute Gasteiger partial charge is 0.252 e. The van der Waals surface area contributed by atoms with Crippen LogP contribution in [0.4, 0.5) is 10.1 Å². The number of nitrogens with zero attached hydrogens (tertiary/aromatic N) is 1. The van der Waals surface area contributed by atoms with Crippen LogP contribution in [0.15, 0.2) is 66.7 Å². The van der Waals surface area contributed by atoms with Gasteiger partial charge >= 0.3 is 0 Å². The van der Waals surface area contributed by atoms with Gasteiger partial charge in [-0.15, -0.1) is 0 Å². The predicted octanol–water partition coefficient (Wildman–Crippen LogP) is 4.20. The van der Waals surface area contributed by atoms with Crippen LogP contribution >= 0.6 is 23.2 Å². The number of primary amides is 1. The number of anilines is 1. The van der Waals surface area contributed by atoms with Crippen molar-refractivity contribution in [3.63, 3.8) is 0 Å². The molecule has 4 N–H and O–H groups in total. The van der Waals surface area contributed by atoms with Gasteiger partial charge in [-0.05, 0) is 60.5 Å². The molecule has 0 bridgehead atoms. The molecule has 1 aliphatic heterocycles. The minimum Gasteiger partial charge on any atom is -0.368 e. The Labute approximate surface area is 236 Å². The van der Waals surface area contributed by atoms with E-state index in [4.69, 9.17) is 28.9 Å². The Morgan fingerprint density at radius 2 is 1.54 bits per heavy atom. The summed E-state index contributed by atoms with van der Waals surface area (Å²) in [4.78, 5) is 25.7. The Kier molecular flexibility index (Phi) is 8.80. The van der Waals surface area contributed by atoms with Gasteiger partial charge in [0.15, 0.2) is 0 Å². The van der Waals surface area contributed by atoms with Crippen molar-refractivity contribution in [1.82, 2.24) is 10.2 Å². The van der Waals surface area contributed by atoms with E-state index < -0.39 is 33.7 Å². The first kappa shape index (κ1) is 28.8. The van der Waals surface area contributed by atoms with Crippen LogP contribution < -0.4 is 15.8 Å². The van der Waals surface area contributed by atoms with Crippen LogP contribution in [0.2, 0.25) is 10.0 Å². The summed E-state index contributed by atoms with van der Waals surface area (Å²) in [6, 6.07) is 17.0. The summed E-state index contributed by atoms with van der Waals surface area (Å²) in [7, 11) is -3.86. The summed E-state index contributed by atoms with van der Waals surface area (Å²) in [6.07, 6.45) is 0. The molecule has 0 saturated carbocycles. The average Bonchev–Trinajstić information content (AvgIpc) is 2.83. The van der Waals surface area contributed by atoms with Crippen molar-refractivity contribution in [1.29, 1.82) is 0 Å². The fourth-order valence-corrected chi connectivity index (χ4v) is 6.14. The van der Waals surface area contributed by atoms with Gasteiger partial charge in [-0.3, -0.25) is 19.2 Å². The molecule has 2 amide bonds. The minimum absolute atomic E-state index is 0.0942. The minimum atomic E-state index is -3.86. The SMILES string of the molecule is C[C@@H](NC(=O)c1cc(F)cc(NS(=O)(=O)CC2CN(C(c3ccc(Cl)cc3)c3ccc(Cl)cc3)C2)c1)C(N)=O.